The standard InChI is InChI=1S/C27H18N4O3S/c1-16(32)30-20-15-9-8-14-19(20)21(25(30)33)24-26(34)31-23(18-12-6-3-7-13-18)22(28-29-27(31)35-24)17-10-4-2-5-11-17/h2-15,23H,1H3/b24-21+/t23-/m0/s1. The van der Waals surface area contributed by atoms with Crippen molar-refractivity contribution >= 4 is 40.1 Å². The Kier molecular flexibility index (Phi) is 4.89. The Balaban J connectivity index is 1.65. The zero-order chi connectivity index (χ0) is 24.1. The van der Waals surface area contributed by atoms with Gasteiger partial charge >= 0.3 is 0 Å². The zero-order valence-corrected chi connectivity index (χ0v) is 19.4. The van der Waals surface area contributed by atoms with E-state index in [0.29, 0.717) is 21.8 Å². The molecule has 2 aliphatic rings. The largest absolute Gasteiger partial charge is 0.274 e. The van der Waals surface area contributed by atoms with Gasteiger partial charge in [0.25, 0.3) is 11.5 Å². The smallest absolute Gasteiger partial charge is 0.272 e. The van der Waals surface area contributed by atoms with Crippen molar-refractivity contribution in [3.8, 4) is 0 Å². The summed E-state index contributed by atoms with van der Waals surface area (Å²) in [5.74, 6) is -0.907. The van der Waals surface area contributed by atoms with E-state index < -0.39 is 17.9 Å². The highest BCUT2D eigenvalue weighted by atomic mass is 32.1. The molecule has 0 aliphatic carbocycles. The molecule has 1 atom stereocenters. The fourth-order valence-corrected chi connectivity index (χ4v) is 5.66. The van der Waals surface area contributed by atoms with Crippen molar-refractivity contribution in [3.63, 3.8) is 0 Å². The van der Waals surface area contributed by atoms with E-state index in [4.69, 9.17) is 0 Å². The first kappa shape index (κ1) is 21.1. The lowest BCUT2D eigenvalue weighted by molar-refractivity contribution is -0.122. The van der Waals surface area contributed by atoms with Crippen molar-refractivity contribution in [2.75, 3.05) is 4.90 Å². The monoisotopic (exact) mass is 478 g/mol. The number of anilines is 1. The van der Waals surface area contributed by atoms with Gasteiger partial charge in [0.15, 0.2) is 0 Å². The van der Waals surface area contributed by atoms with Crippen molar-refractivity contribution in [3.05, 3.63) is 121 Å². The molecule has 3 heterocycles. The number of carbonyl (C=O) groups excluding carboxylic acids is 2. The number of imide groups is 1. The number of hydrogen-bond acceptors (Lipinski definition) is 6. The summed E-state index contributed by atoms with van der Waals surface area (Å²) in [6, 6.07) is 25.8. The van der Waals surface area contributed by atoms with Gasteiger partial charge in [-0.05, 0) is 11.6 Å². The molecule has 2 amide bonds. The normalized spacial score (nSPS) is 18.0. The topological polar surface area (TPSA) is 84.1 Å². The number of para-hydroxylation sites is 1. The molecule has 4 aromatic rings. The zero-order valence-electron chi connectivity index (χ0n) is 18.6. The van der Waals surface area contributed by atoms with E-state index in [1.54, 1.807) is 28.8 Å². The molecule has 0 fully saturated rings. The Morgan fingerprint density at radius 1 is 0.857 bits per heavy atom. The Morgan fingerprint density at radius 2 is 1.51 bits per heavy atom. The second kappa shape index (κ2) is 8.11. The van der Waals surface area contributed by atoms with E-state index in [-0.39, 0.29) is 15.7 Å². The maximum atomic E-state index is 14.0. The Morgan fingerprint density at radius 3 is 2.23 bits per heavy atom. The number of nitrogens with zero attached hydrogens (tertiary/aromatic N) is 4. The maximum Gasteiger partial charge on any atom is 0.272 e. The van der Waals surface area contributed by atoms with E-state index in [1.165, 1.54) is 6.92 Å². The van der Waals surface area contributed by atoms with Crippen LogP contribution in [-0.4, -0.2) is 22.1 Å². The molecule has 35 heavy (non-hydrogen) atoms. The molecular weight excluding hydrogens is 460 g/mol. The van der Waals surface area contributed by atoms with Gasteiger partial charge in [0.1, 0.15) is 10.6 Å². The van der Waals surface area contributed by atoms with Crippen molar-refractivity contribution < 1.29 is 9.59 Å². The lowest BCUT2D eigenvalue weighted by atomic mass is 9.96. The quantitative estimate of drug-likeness (QED) is 0.444. The maximum absolute atomic E-state index is 14.0. The molecule has 0 spiro atoms. The number of carbonyl (C=O) groups is 2. The third-order valence-electron chi connectivity index (χ3n) is 6.13. The van der Waals surface area contributed by atoms with Crippen LogP contribution in [0.1, 0.15) is 29.7 Å². The molecule has 2 aliphatic heterocycles. The third-order valence-corrected chi connectivity index (χ3v) is 7.17. The molecule has 0 radical (unpaired) electrons. The molecule has 8 heteroatoms. The van der Waals surface area contributed by atoms with Crippen LogP contribution in [0.2, 0.25) is 0 Å². The lowest BCUT2D eigenvalue weighted by Crippen LogP contribution is -2.41. The van der Waals surface area contributed by atoms with Crippen LogP contribution in [0, 0.1) is 0 Å². The van der Waals surface area contributed by atoms with Crippen LogP contribution in [0.25, 0.3) is 5.57 Å². The number of fused-ring (bicyclic) bond motifs is 2. The number of benzene rings is 3. The average Bonchev–Trinajstić information content (AvgIpc) is 3.37. The molecular formula is C27H18N4O3S. The summed E-state index contributed by atoms with van der Waals surface area (Å²) in [6.07, 6.45) is 0. The molecule has 0 bridgehead atoms. The van der Waals surface area contributed by atoms with Crippen molar-refractivity contribution in [1.82, 2.24) is 4.57 Å². The van der Waals surface area contributed by atoms with Gasteiger partial charge in [-0.2, -0.15) is 0 Å². The summed E-state index contributed by atoms with van der Waals surface area (Å²) in [5, 5.41) is 8.90. The number of amides is 2. The van der Waals surface area contributed by atoms with Gasteiger partial charge in [-0.1, -0.05) is 90.2 Å². The average molecular weight is 479 g/mol. The summed E-state index contributed by atoms with van der Waals surface area (Å²) in [5.41, 5.74) is 3.30. The number of rotatable bonds is 2. The molecule has 6 rings (SSSR count). The van der Waals surface area contributed by atoms with Crippen LogP contribution < -0.4 is 19.8 Å². The second-order valence-electron chi connectivity index (χ2n) is 8.21. The molecule has 0 unspecified atom stereocenters. The molecule has 170 valence electrons. The minimum atomic E-state index is -0.514. The van der Waals surface area contributed by atoms with Gasteiger partial charge in [0.05, 0.1) is 17.0 Å². The van der Waals surface area contributed by atoms with Crippen LogP contribution >= 0.6 is 11.3 Å². The Hall–Kier alpha value is -4.43. The molecule has 0 N–H and O–H groups in total. The number of thiazole rings is 1. The van der Waals surface area contributed by atoms with Crippen molar-refractivity contribution in [1.29, 1.82) is 0 Å². The third kappa shape index (κ3) is 3.22. The van der Waals surface area contributed by atoms with Gasteiger partial charge in [-0.15, -0.1) is 10.2 Å². The summed E-state index contributed by atoms with van der Waals surface area (Å²) in [6.45, 7) is 1.34. The summed E-state index contributed by atoms with van der Waals surface area (Å²) >= 11 is 1.12. The van der Waals surface area contributed by atoms with Crippen LogP contribution in [0.3, 0.4) is 0 Å². The van der Waals surface area contributed by atoms with Gasteiger partial charge < -0.3 is 0 Å². The first-order valence-corrected chi connectivity index (χ1v) is 11.8. The van der Waals surface area contributed by atoms with E-state index >= 15 is 0 Å². The van der Waals surface area contributed by atoms with Crippen molar-refractivity contribution in [2.24, 2.45) is 10.2 Å². The Labute approximate surface area is 203 Å². The Bertz CT molecular complexity index is 1720. The van der Waals surface area contributed by atoms with E-state index in [1.807, 2.05) is 60.7 Å². The molecule has 0 saturated carbocycles. The number of aromatic nitrogens is 1. The first-order valence-electron chi connectivity index (χ1n) is 11.0. The SMILES string of the molecule is CC(=O)N1C(=O)/C(=c2/sc3n(c2=O)[C@@H](c2ccccc2)C(c2ccccc2)=NN=3)c2ccccc21. The van der Waals surface area contributed by atoms with E-state index in [0.717, 1.165) is 27.4 Å². The molecule has 3 aromatic carbocycles. The predicted molar refractivity (Wildman–Crippen MR) is 134 cm³/mol. The molecule has 7 nitrogen and oxygen atoms in total. The van der Waals surface area contributed by atoms with Crippen molar-refractivity contribution in [2.45, 2.75) is 13.0 Å². The molecule has 0 saturated heterocycles. The molecule has 1 aromatic heterocycles. The summed E-state index contributed by atoms with van der Waals surface area (Å²) in [7, 11) is 0. The summed E-state index contributed by atoms with van der Waals surface area (Å²) in [4.78, 5) is 41.2. The lowest BCUT2D eigenvalue weighted by Gasteiger charge is -2.22. The van der Waals surface area contributed by atoms with Crippen LogP contribution in [0.5, 0.6) is 0 Å². The highest BCUT2D eigenvalue weighted by Gasteiger charge is 2.37. The second-order valence-corrected chi connectivity index (χ2v) is 9.18. The first-order chi connectivity index (χ1) is 17.1. The van der Waals surface area contributed by atoms with Crippen LogP contribution in [-0.2, 0) is 9.59 Å². The minimum Gasteiger partial charge on any atom is -0.274 e. The fourth-order valence-electron chi connectivity index (χ4n) is 4.62. The predicted octanol–water partition coefficient (Wildman–Crippen LogP) is 2.63. The fraction of sp³-hybridized carbons (Fsp3) is 0.0741. The highest BCUT2D eigenvalue weighted by Crippen LogP contribution is 2.35. The van der Waals surface area contributed by atoms with Gasteiger partial charge in [-0.25, -0.2) is 4.90 Å². The van der Waals surface area contributed by atoms with E-state index in [2.05, 4.69) is 10.2 Å². The van der Waals surface area contributed by atoms with Gasteiger partial charge in [0, 0.05) is 18.1 Å². The van der Waals surface area contributed by atoms with Gasteiger partial charge in [0.2, 0.25) is 10.7 Å². The van der Waals surface area contributed by atoms with Crippen LogP contribution in [0.4, 0.5) is 5.69 Å². The number of hydrogen-bond donors (Lipinski definition) is 0. The van der Waals surface area contributed by atoms with E-state index in [9.17, 15) is 14.4 Å². The summed E-state index contributed by atoms with van der Waals surface area (Å²) < 4.78 is 1.85. The van der Waals surface area contributed by atoms with Crippen LogP contribution in [0.15, 0.2) is 99.9 Å². The minimum absolute atomic E-state index is 0.218. The van der Waals surface area contributed by atoms with Gasteiger partial charge in [-0.3, -0.25) is 19.0 Å². The highest BCUT2D eigenvalue weighted by molar-refractivity contribution is 7.07.